The lowest BCUT2D eigenvalue weighted by molar-refractivity contribution is -0.140. The van der Waals surface area contributed by atoms with E-state index < -0.39 is 34.3 Å². The van der Waals surface area contributed by atoms with Gasteiger partial charge < -0.3 is 19.7 Å². The first kappa shape index (κ1) is 31.4. The molecule has 0 radical (unpaired) electrons. The maximum atomic E-state index is 14.0. The molecule has 220 valence electrons. The maximum absolute atomic E-state index is 14.0. The third-order valence-corrected chi connectivity index (χ3v) is 8.13. The predicted octanol–water partition coefficient (Wildman–Crippen LogP) is 4.37. The summed E-state index contributed by atoms with van der Waals surface area (Å²) in [7, 11) is -2.76. The molecule has 2 amide bonds. The van der Waals surface area contributed by atoms with Crippen molar-refractivity contribution in [2.24, 2.45) is 0 Å². The number of hydrogen-bond acceptors (Lipinski definition) is 6. The maximum Gasteiger partial charge on any atom is 0.264 e. The Bertz CT molecular complexity index is 1410. The van der Waals surface area contributed by atoms with Gasteiger partial charge in [-0.25, -0.2) is 12.8 Å². The number of amides is 2. The summed E-state index contributed by atoms with van der Waals surface area (Å²) in [6.45, 7) is 5.56. The standard InChI is InChI=1S/C30H36FN3O6S/c1-5-28(30(36)32-6-2)33(20-22-9-8-10-26(19-22)39-4)29(35)21-34(24-13-11-23(31)12-14-24)41(37,38)27-17-15-25(16-18-27)40-7-3/h8-19,28H,5-7,20-21H2,1-4H3,(H,32,36)/t28-/m1/s1. The molecule has 0 aromatic heterocycles. The number of rotatable bonds is 14. The van der Waals surface area contributed by atoms with E-state index in [0.717, 1.165) is 16.4 Å². The Kier molecular flexibility index (Phi) is 11.1. The van der Waals surface area contributed by atoms with E-state index in [-0.39, 0.29) is 23.0 Å². The molecule has 0 fully saturated rings. The number of ether oxygens (including phenoxy) is 2. The summed E-state index contributed by atoms with van der Waals surface area (Å²) in [5.41, 5.74) is 0.796. The molecule has 0 bridgehead atoms. The molecule has 9 nitrogen and oxygen atoms in total. The largest absolute Gasteiger partial charge is 0.497 e. The van der Waals surface area contributed by atoms with E-state index >= 15 is 0 Å². The van der Waals surface area contributed by atoms with Gasteiger partial charge in [0.25, 0.3) is 10.0 Å². The molecule has 0 aliphatic rings. The van der Waals surface area contributed by atoms with E-state index in [2.05, 4.69) is 5.32 Å². The zero-order chi connectivity index (χ0) is 30.0. The molecule has 0 aliphatic carbocycles. The van der Waals surface area contributed by atoms with Crippen LogP contribution in [0.15, 0.2) is 77.7 Å². The minimum Gasteiger partial charge on any atom is -0.497 e. The molecule has 3 aromatic rings. The normalized spacial score (nSPS) is 11.8. The van der Waals surface area contributed by atoms with Gasteiger partial charge in [0.05, 0.1) is 24.3 Å². The smallest absolute Gasteiger partial charge is 0.264 e. The van der Waals surface area contributed by atoms with Crippen LogP contribution in [0.3, 0.4) is 0 Å². The van der Waals surface area contributed by atoms with Crippen molar-refractivity contribution in [3.05, 3.63) is 84.2 Å². The van der Waals surface area contributed by atoms with Crippen molar-refractivity contribution < 1.29 is 31.9 Å². The van der Waals surface area contributed by atoms with Crippen LogP contribution in [0.4, 0.5) is 10.1 Å². The molecule has 0 spiro atoms. The summed E-state index contributed by atoms with van der Waals surface area (Å²) in [4.78, 5) is 28.3. The van der Waals surface area contributed by atoms with Gasteiger partial charge in [-0.2, -0.15) is 0 Å². The van der Waals surface area contributed by atoms with Gasteiger partial charge in [-0.3, -0.25) is 13.9 Å². The molecule has 11 heteroatoms. The number of halogens is 1. The Morgan fingerprint density at radius 2 is 1.63 bits per heavy atom. The van der Waals surface area contributed by atoms with E-state index in [1.54, 1.807) is 38.1 Å². The SMILES string of the molecule is CCNC(=O)[C@@H](CC)N(Cc1cccc(OC)c1)C(=O)CN(c1ccc(F)cc1)S(=O)(=O)c1ccc(OCC)cc1. The van der Waals surface area contributed by atoms with Crippen LogP contribution in [0.2, 0.25) is 0 Å². The lowest BCUT2D eigenvalue weighted by atomic mass is 10.1. The first-order valence-corrected chi connectivity index (χ1v) is 14.8. The van der Waals surface area contributed by atoms with E-state index in [4.69, 9.17) is 9.47 Å². The van der Waals surface area contributed by atoms with Crippen LogP contribution in [-0.4, -0.2) is 58.0 Å². The van der Waals surface area contributed by atoms with E-state index in [9.17, 15) is 22.4 Å². The number of anilines is 1. The van der Waals surface area contributed by atoms with Crippen LogP contribution in [0, 0.1) is 5.82 Å². The van der Waals surface area contributed by atoms with Crippen LogP contribution in [0.25, 0.3) is 0 Å². The van der Waals surface area contributed by atoms with E-state index in [1.807, 2.05) is 6.92 Å². The van der Waals surface area contributed by atoms with Crippen LogP contribution in [0.1, 0.15) is 32.8 Å². The van der Waals surface area contributed by atoms with Crippen LogP contribution < -0.4 is 19.1 Å². The molecular weight excluding hydrogens is 549 g/mol. The zero-order valence-electron chi connectivity index (χ0n) is 23.7. The summed E-state index contributed by atoms with van der Waals surface area (Å²) in [6, 6.07) is 16.9. The number of sulfonamides is 1. The van der Waals surface area contributed by atoms with Crippen molar-refractivity contribution in [2.75, 3.05) is 31.1 Å². The highest BCUT2D eigenvalue weighted by Crippen LogP contribution is 2.27. The second-order valence-electron chi connectivity index (χ2n) is 9.08. The van der Waals surface area contributed by atoms with E-state index in [0.29, 0.717) is 36.6 Å². The van der Waals surface area contributed by atoms with Crippen molar-refractivity contribution in [3.8, 4) is 11.5 Å². The van der Waals surface area contributed by atoms with E-state index in [1.165, 1.54) is 48.4 Å². The number of nitrogens with zero attached hydrogens (tertiary/aromatic N) is 2. The van der Waals surface area contributed by atoms with Crippen molar-refractivity contribution in [1.29, 1.82) is 0 Å². The first-order valence-electron chi connectivity index (χ1n) is 13.4. The molecule has 41 heavy (non-hydrogen) atoms. The third kappa shape index (κ3) is 7.97. The van der Waals surface area contributed by atoms with Crippen LogP contribution in [0.5, 0.6) is 11.5 Å². The van der Waals surface area contributed by atoms with Gasteiger partial charge in [0.2, 0.25) is 11.8 Å². The minimum atomic E-state index is -4.29. The van der Waals surface area contributed by atoms with Gasteiger partial charge in [-0.15, -0.1) is 0 Å². The number of carbonyl (C=O) groups is 2. The van der Waals surface area contributed by atoms with Gasteiger partial charge >= 0.3 is 0 Å². The molecule has 0 unspecified atom stereocenters. The Hall–Kier alpha value is -4.12. The number of likely N-dealkylation sites (N-methyl/N-ethyl adjacent to an activating group) is 1. The highest BCUT2D eigenvalue weighted by atomic mass is 32.2. The second-order valence-corrected chi connectivity index (χ2v) is 10.9. The molecule has 1 N–H and O–H groups in total. The zero-order valence-corrected chi connectivity index (χ0v) is 24.5. The fourth-order valence-corrected chi connectivity index (χ4v) is 5.73. The lowest BCUT2D eigenvalue weighted by Gasteiger charge is -2.33. The molecule has 0 saturated heterocycles. The molecule has 3 rings (SSSR count). The fraction of sp³-hybridized carbons (Fsp3) is 0.333. The lowest BCUT2D eigenvalue weighted by Crippen LogP contribution is -2.52. The third-order valence-electron chi connectivity index (χ3n) is 6.34. The van der Waals surface area contributed by atoms with Crippen LogP contribution in [-0.2, 0) is 26.2 Å². The van der Waals surface area contributed by atoms with Crippen molar-refractivity contribution in [3.63, 3.8) is 0 Å². The molecule has 3 aromatic carbocycles. The second kappa shape index (κ2) is 14.5. The van der Waals surface area contributed by atoms with Gasteiger partial charge in [0.1, 0.15) is 29.9 Å². The molecule has 0 saturated carbocycles. The molecule has 1 atom stereocenters. The van der Waals surface area contributed by atoms with Gasteiger partial charge in [-0.1, -0.05) is 19.1 Å². The topological polar surface area (TPSA) is 105 Å². The van der Waals surface area contributed by atoms with Crippen molar-refractivity contribution >= 4 is 27.5 Å². The van der Waals surface area contributed by atoms with Crippen LogP contribution >= 0.6 is 0 Å². The number of hydrogen-bond donors (Lipinski definition) is 1. The molecule has 0 heterocycles. The van der Waals surface area contributed by atoms with Crippen molar-refractivity contribution in [2.45, 2.75) is 44.7 Å². The summed E-state index contributed by atoms with van der Waals surface area (Å²) in [6.07, 6.45) is 0.295. The average molecular weight is 586 g/mol. The van der Waals surface area contributed by atoms with Gasteiger partial charge in [0, 0.05) is 13.1 Å². The summed E-state index contributed by atoms with van der Waals surface area (Å²) in [5.74, 6) is -0.445. The number of carbonyl (C=O) groups excluding carboxylic acids is 2. The minimum absolute atomic E-state index is 0.0338. The highest BCUT2D eigenvalue weighted by molar-refractivity contribution is 7.92. The average Bonchev–Trinajstić information content (AvgIpc) is 2.97. The summed E-state index contributed by atoms with van der Waals surface area (Å²) in [5, 5.41) is 2.76. The Morgan fingerprint density at radius 1 is 0.951 bits per heavy atom. The number of benzene rings is 3. The number of nitrogens with one attached hydrogen (secondary N) is 1. The highest BCUT2D eigenvalue weighted by Gasteiger charge is 2.33. The summed E-state index contributed by atoms with van der Waals surface area (Å²) < 4.78 is 53.2. The molecular formula is C30H36FN3O6S. The first-order chi connectivity index (χ1) is 19.6. The van der Waals surface area contributed by atoms with Gasteiger partial charge in [-0.05, 0) is 86.5 Å². The Morgan fingerprint density at radius 3 is 2.22 bits per heavy atom. The Labute approximate surface area is 240 Å². The monoisotopic (exact) mass is 585 g/mol. The Balaban J connectivity index is 2.05. The number of methoxy groups -OCH3 is 1. The predicted molar refractivity (Wildman–Crippen MR) is 155 cm³/mol. The quantitative estimate of drug-likeness (QED) is 0.301. The fourth-order valence-electron chi connectivity index (χ4n) is 4.32. The van der Waals surface area contributed by atoms with Crippen molar-refractivity contribution in [1.82, 2.24) is 10.2 Å². The van der Waals surface area contributed by atoms with Gasteiger partial charge in [0.15, 0.2) is 0 Å². The summed E-state index contributed by atoms with van der Waals surface area (Å²) >= 11 is 0. The molecule has 0 aliphatic heterocycles.